The maximum Gasteiger partial charge on any atom is 0.228 e. The summed E-state index contributed by atoms with van der Waals surface area (Å²) in [6.07, 6.45) is 0.574. The Labute approximate surface area is 185 Å². The van der Waals surface area contributed by atoms with Crippen molar-refractivity contribution in [2.75, 3.05) is 33.9 Å². The predicted octanol–water partition coefficient (Wildman–Crippen LogP) is 3.41. The summed E-state index contributed by atoms with van der Waals surface area (Å²) < 4.78 is 16.6. The Morgan fingerprint density at radius 3 is 2.81 bits per heavy atom. The molecule has 0 aliphatic carbocycles. The van der Waals surface area contributed by atoms with Crippen molar-refractivity contribution >= 4 is 17.6 Å². The van der Waals surface area contributed by atoms with E-state index in [9.17, 15) is 0 Å². The number of nitrogens with one attached hydrogen (secondary N) is 1. The van der Waals surface area contributed by atoms with Crippen LogP contribution < -0.4 is 14.8 Å². The molecular weight excluding hydrogens is 418 g/mol. The van der Waals surface area contributed by atoms with Crippen molar-refractivity contribution in [3.63, 3.8) is 0 Å². The van der Waals surface area contributed by atoms with Gasteiger partial charge in [-0.2, -0.15) is 4.98 Å². The molecule has 2 aromatic carbocycles. The molecule has 31 heavy (non-hydrogen) atoms. The molecule has 1 aliphatic heterocycles. The van der Waals surface area contributed by atoms with Crippen LogP contribution in [0.15, 0.2) is 52.0 Å². The standard InChI is InChI=1S/C22H24ClN5O3/c1-24-22(28(2)14-15-6-7-18-19(12-15)30-11-10-29-18)25-9-8-20-26-21(27-31-20)16-4-3-5-17(23)13-16/h3-7,12-13H,8-11,14H2,1-2H3,(H,24,25). The summed E-state index contributed by atoms with van der Waals surface area (Å²) in [5.41, 5.74) is 1.93. The quantitative estimate of drug-likeness (QED) is 0.463. The number of fused-ring (bicyclic) bond motifs is 1. The third kappa shape index (κ3) is 5.27. The van der Waals surface area contributed by atoms with Gasteiger partial charge in [-0.25, -0.2) is 0 Å². The predicted molar refractivity (Wildman–Crippen MR) is 119 cm³/mol. The van der Waals surface area contributed by atoms with Crippen LogP contribution in [0.3, 0.4) is 0 Å². The SMILES string of the molecule is CN=C(NCCc1nc(-c2cccc(Cl)c2)no1)N(C)Cc1ccc2c(c1)OCCO2. The molecule has 0 fully saturated rings. The molecule has 9 heteroatoms. The first-order valence-electron chi connectivity index (χ1n) is 10.0. The van der Waals surface area contributed by atoms with Crippen LogP contribution in [0, 0.1) is 0 Å². The second-order valence-electron chi connectivity index (χ2n) is 7.08. The fourth-order valence-electron chi connectivity index (χ4n) is 3.30. The zero-order valence-electron chi connectivity index (χ0n) is 17.5. The van der Waals surface area contributed by atoms with Crippen LogP contribution in [-0.4, -0.2) is 54.9 Å². The second-order valence-corrected chi connectivity index (χ2v) is 7.52. The van der Waals surface area contributed by atoms with Crippen molar-refractivity contribution in [1.82, 2.24) is 20.4 Å². The summed E-state index contributed by atoms with van der Waals surface area (Å²) in [6.45, 7) is 2.44. The zero-order chi connectivity index (χ0) is 21.6. The van der Waals surface area contributed by atoms with Crippen LogP contribution in [0.4, 0.5) is 0 Å². The van der Waals surface area contributed by atoms with Gasteiger partial charge in [0.05, 0.1) is 0 Å². The molecule has 0 atom stereocenters. The van der Waals surface area contributed by atoms with E-state index in [1.807, 2.05) is 54.4 Å². The van der Waals surface area contributed by atoms with Crippen molar-refractivity contribution in [1.29, 1.82) is 0 Å². The van der Waals surface area contributed by atoms with Crippen molar-refractivity contribution < 1.29 is 14.0 Å². The average molecular weight is 442 g/mol. The lowest BCUT2D eigenvalue weighted by atomic mass is 10.2. The number of aromatic nitrogens is 2. The van der Waals surface area contributed by atoms with E-state index in [1.165, 1.54) is 0 Å². The van der Waals surface area contributed by atoms with E-state index < -0.39 is 0 Å². The second kappa shape index (κ2) is 9.70. The lowest BCUT2D eigenvalue weighted by Crippen LogP contribution is -2.39. The van der Waals surface area contributed by atoms with Crippen LogP contribution >= 0.6 is 11.6 Å². The van der Waals surface area contributed by atoms with Crippen LogP contribution in [-0.2, 0) is 13.0 Å². The van der Waals surface area contributed by atoms with Gasteiger partial charge in [0.1, 0.15) is 13.2 Å². The molecule has 8 nitrogen and oxygen atoms in total. The third-order valence-corrected chi connectivity index (χ3v) is 5.01. The largest absolute Gasteiger partial charge is 0.486 e. The van der Waals surface area contributed by atoms with E-state index in [2.05, 4.69) is 20.4 Å². The van der Waals surface area contributed by atoms with Crippen LogP contribution in [0.25, 0.3) is 11.4 Å². The van der Waals surface area contributed by atoms with Gasteiger partial charge >= 0.3 is 0 Å². The van der Waals surface area contributed by atoms with E-state index in [0.29, 0.717) is 49.5 Å². The number of rotatable bonds is 6. The van der Waals surface area contributed by atoms with Gasteiger partial charge in [0, 0.05) is 44.2 Å². The maximum atomic E-state index is 6.03. The van der Waals surface area contributed by atoms with Crippen molar-refractivity contribution in [3.05, 3.63) is 58.9 Å². The van der Waals surface area contributed by atoms with Gasteiger partial charge in [0.25, 0.3) is 0 Å². The third-order valence-electron chi connectivity index (χ3n) is 4.77. The molecule has 1 aromatic heterocycles. The molecule has 0 amide bonds. The minimum atomic E-state index is 0.526. The zero-order valence-corrected chi connectivity index (χ0v) is 18.2. The first-order valence-corrected chi connectivity index (χ1v) is 10.4. The number of hydrogen-bond acceptors (Lipinski definition) is 6. The average Bonchev–Trinajstić information content (AvgIpc) is 3.25. The Kier molecular flexibility index (Phi) is 6.57. The molecule has 3 aromatic rings. The van der Waals surface area contributed by atoms with E-state index in [1.54, 1.807) is 7.05 Å². The summed E-state index contributed by atoms with van der Waals surface area (Å²) in [4.78, 5) is 10.8. The Balaban J connectivity index is 1.30. The monoisotopic (exact) mass is 441 g/mol. The van der Waals surface area contributed by atoms with Gasteiger partial charge in [-0.3, -0.25) is 4.99 Å². The Hall–Kier alpha value is -3.26. The number of hydrogen-bond donors (Lipinski definition) is 1. The lowest BCUT2D eigenvalue weighted by Gasteiger charge is -2.23. The number of aliphatic imine (C=N–C) groups is 1. The molecule has 0 radical (unpaired) electrons. The molecular formula is C22H24ClN5O3. The molecule has 2 heterocycles. The first-order chi connectivity index (χ1) is 15.1. The minimum Gasteiger partial charge on any atom is -0.486 e. The highest BCUT2D eigenvalue weighted by Crippen LogP contribution is 2.31. The summed E-state index contributed by atoms with van der Waals surface area (Å²) >= 11 is 6.03. The number of benzene rings is 2. The van der Waals surface area contributed by atoms with Gasteiger partial charge in [0.15, 0.2) is 17.5 Å². The molecule has 1 N–H and O–H groups in total. The van der Waals surface area contributed by atoms with Crippen LogP contribution in [0.2, 0.25) is 5.02 Å². The van der Waals surface area contributed by atoms with Crippen LogP contribution in [0.5, 0.6) is 11.5 Å². The van der Waals surface area contributed by atoms with E-state index in [-0.39, 0.29) is 0 Å². The van der Waals surface area contributed by atoms with E-state index in [0.717, 1.165) is 28.6 Å². The summed E-state index contributed by atoms with van der Waals surface area (Å²) in [6, 6.07) is 13.4. The molecule has 4 rings (SSSR count). The van der Waals surface area contributed by atoms with Gasteiger partial charge in [-0.15, -0.1) is 0 Å². The fourth-order valence-corrected chi connectivity index (χ4v) is 3.49. The highest BCUT2D eigenvalue weighted by molar-refractivity contribution is 6.30. The highest BCUT2D eigenvalue weighted by atomic mass is 35.5. The van der Waals surface area contributed by atoms with E-state index >= 15 is 0 Å². The van der Waals surface area contributed by atoms with E-state index in [4.69, 9.17) is 25.6 Å². The minimum absolute atomic E-state index is 0.526. The van der Waals surface area contributed by atoms with Gasteiger partial charge in [-0.1, -0.05) is 35.0 Å². The Morgan fingerprint density at radius 1 is 1.16 bits per heavy atom. The molecule has 0 unspecified atom stereocenters. The van der Waals surface area contributed by atoms with Gasteiger partial charge in [-0.05, 0) is 29.8 Å². The number of guanidine groups is 1. The van der Waals surface area contributed by atoms with Gasteiger partial charge in [0.2, 0.25) is 11.7 Å². The van der Waals surface area contributed by atoms with Crippen molar-refractivity contribution in [2.45, 2.75) is 13.0 Å². The number of halogens is 1. The van der Waals surface area contributed by atoms with Crippen LogP contribution in [0.1, 0.15) is 11.5 Å². The summed E-state index contributed by atoms with van der Waals surface area (Å²) in [5.74, 6) is 3.42. The molecule has 1 aliphatic rings. The molecule has 0 bridgehead atoms. The first kappa shape index (κ1) is 21.0. The van der Waals surface area contributed by atoms with Gasteiger partial charge < -0.3 is 24.2 Å². The van der Waals surface area contributed by atoms with Crippen molar-refractivity contribution in [3.8, 4) is 22.9 Å². The normalized spacial score (nSPS) is 13.2. The molecule has 162 valence electrons. The summed E-state index contributed by atoms with van der Waals surface area (Å²) in [5, 5.41) is 8.00. The topological polar surface area (TPSA) is 85.0 Å². The fraction of sp³-hybridized carbons (Fsp3) is 0.318. The maximum absolute atomic E-state index is 6.03. The lowest BCUT2D eigenvalue weighted by molar-refractivity contribution is 0.171. The Bertz CT molecular complexity index is 1070. The molecule has 0 saturated carbocycles. The highest BCUT2D eigenvalue weighted by Gasteiger charge is 2.14. The Morgan fingerprint density at radius 2 is 2.00 bits per heavy atom. The molecule has 0 spiro atoms. The molecule has 0 saturated heterocycles. The van der Waals surface area contributed by atoms with Crippen molar-refractivity contribution in [2.24, 2.45) is 4.99 Å². The number of ether oxygens (including phenoxy) is 2. The number of nitrogens with zero attached hydrogens (tertiary/aromatic N) is 4. The smallest absolute Gasteiger partial charge is 0.228 e. The summed E-state index contributed by atoms with van der Waals surface area (Å²) in [7, 11) is 3.74.